The number of ether oxygens (including phenoxy) is 1. The molecule has 4 nitrogen and oxygen atoms in total. The molecule has 1 aromatic carbocycles. The van der Waals surface area contributed by atoms with Crippen LogP contribution in [0.4, 0.5) is 0 Å². The fourth-order valence-corrected chi connectivity index (χ4v) is 1.18. The lowest BCUT2D eigenvalue weighted by molar-refractivity contribution is -0.316. The molecule has 0 radical (unpaired) electrons. The molecule has 0 aromatic heterocycles. The highest BCUT2D eigenvalue weighted by Crippen LogP contribution is 2.19. The van der Waals surface area contributed by atoms with Gasteiger partial charge in [0.25, 0.3) is 0 Å². The van der Waals surface area contributed by atoms with Crippen molar-refractivity contribution in [2.45, 2.75) is 13.0 Å². The molecule has 0 aliphatic heterocycles. The molecule has 0 aliphatic rings. The average Bonchev–Trinajstić information content (AvgIpc) is 2.15. The summed E-state index contributed by atoms with van der Waals surface area (Å²) in [5.41, 5.74) is 0.314. The second-order valence-corrected chi connectivity index (χ2v) is 3.30. The molecule has 0 spiro atoms. The highest BCUT2D eigenvalue weighted by Gasteiger charge is 2.15. The molecule has 1 unspecified atom stereocenters. The molecule has 0 N–H and O–H groups in total. The summed E-state index contributed by atoms with van der Waals surface area (Å²) in [5.74, 6) is -2.15. The number of carbonyl (C=O) groups is 2. The number of hydrogen-bond acceptors (Lipinski definition) is 4. The van der Waals surface area contributed by atoms with E-state index < -0.39 is 18.0 Å². The Morgan fingerprint density at radius 2 is 1.87 bits per heavy atom. The zero-order valence-electron chi connectivity index (χ0n) is 7.90. The molecular formula is C10H8ClO4-. The Labute approximate surface area is 91.4 Å². The molecule has 1 atom stereocenters. The van der Waals surface area contributed by atoms with Gasteiger partial charge in [0.1, 0.15) is 0 Å². The molecular weight excluding hydrogens is 220 g/mol. The fraction of sp³-hybridized carbons (Fsp3) is 0.200. The lowest BCUT2D eigenvalue weighted by atomic mass is 10.1. The van der Waals surface area contributed by atoms with E-state index in [0.29, 0.717) is 10.6 Å². The van der Waals surface area contributed by atoms with Gasteiger partial charge in [-0.15, -0.1) is 0 Å². The molecule has 0 aliphatic carbocycles. The maximum Gasteiger partial charge on any atom is 0.303 e. The van der Waals surface area contributed by atoms with Crippen LogP contribution in [-0.2, 0) is 14.3 Å². The minimum atomic E-state index is -1.47. The van der Waals surface area contributed by atoms with Gasteiger partial charge in [-0.1, -0.05) is 23.7 Å². The highest BCUT2D eigenvalue weighted by molar-refractivity contribution is 6.30. The van der Waals surface area contributed by atoms with E-state index in [1.54, 1.807) is 0 Å². The van der Waals surface area contributed by atoms with Crippen molar-refractivity contribution in [3.63, 3.8) is 0 Å². The first-order valence-corrected chi connectivity index (χ1v) is 4.52. The minimum absolute atomic E-state index is 0.314. The van der Waals surface area contributed by atoms with Gasteiger partial charge >= 0.3 is 5.97 Å². The first kappa shape index (κ1) is 11.5. The van der Waals surface area contributed by atoms with Crippen LogP contribution in [0, 0.1) is 0 Å². The minimum Gasteiger partial charge on any atom is -0.546 e. The van der Waals surface area contributed by atoms with Crippen LogP contribution in [0.3, 0.4) is 0 Å². The van der Waals surface area contributed by atoms with Gasteiger partial charge in [0.15, 0.2) is 6.10 Å². The van der Waals surface area contributed by atoms with Gasteiger partial charge in [-0.05, 0) is 17.7 Å². The number of carboxylic acids is 1. The van der Waals surface area contributed by atoms with E-state index >= 15 is 0 Å². The van der Waals surface area contributed by atoms with Crippen LogP contribution >= 0.6 is 11.6 Å². The normalized spacial score (nSPS) is 11.9. The summed E-state index contributed by atoms with van der Waals surface area (Å²) in [6.07, 6.45) is -1.39. The van der Waals surface area contributed by atoms with Crippen molar-refractivity contribution < 1.29 is 19.4 Å². The molecule has 0 saturated heterocycles. The van der Waals surface area contributed by atoms with E-state index in [1.165, 1.54) is 24.3 Å². The summed E-state index contributed by atoms with van der Waals surface area (Å²) in [6.45, 7) is 1.13. The fourth-order valence-electron chi connectivity index (χ4n) is 1.06. The zero-order valence-corrected chi connectivity index (χ0v) is 8.65. The second-order valence-electron chi connectivity index (χ2n) is 2.86. The van der Waals surface area contributed by atoms with Gasteiger partial charge in [-0.3, -0.25) is 4.79 Å². The van der Waals surface area contributed by atoms with Crippen LogP contribution in [0.2, 0.25) is 5.02 Å². The Morgan fingerprint density at radius 3 is 2.27 bits per heavy atom. The molecule has 0 heterocycles. The van der Waals surface area contributed by atoms with Crippen molar-refractivity contribution in [2.24, 2.45) is 0 Å². The summed E-state index contributed by atoms with van der Waals surface area (Å²) in [7, 11) is 0. The third-order valence-electron chi connectivity index (χ3n) is 1.67. The van der Waals surface area contributed by atoms with Gasteiger partial charge in [0, 0.05) is 11.9 Å². The van der Waals surface area contributed by atoms with Gasteiger partial charge in [0.05, 0.1) is 5.97 Å². The molecule has 15 heavy (non-hydrogen) atoms. The van der Waals surface area contributed by atoms with Crippen molar-refractivity contribution in [1.82, 2.24) is 0 Å². The topological polar surface area (TPSA) is 66.4 Å². The van der Waals surface area contributed by atoms with Gasteiger partial charge in [-0.25, -0.2) is 0 Å². The Bertz CT molecular complexity index is 372. The second kappa shape index (κ2) is 4.79. The molecule has 1 aromatic rings. The number of rotatable bonds is 3. The molecule has 1 rings (SSSR count). The summed E-state index contributed by atoms with van der Waals surface area (Å²) in [6, 6.07) is 5.95. The number of esters is 1. The Morgan fingerprint density at radius 1 is 1.33 bits per heavy atom. The summed E-state index contributed by atoms with van der Waals surface area (Å²) in [5, 5.41) is 11.2. The Balaban J connectivity index is 2.94. The third-order valence-corrected chi connectivity index (χ3v) is 1.92. The average molecular weight is 228 g/mol. The number of halogens is 1. The quantitative estimate of drug-likeness (QED) is 0.713. The SMILES string of the molecule is CC(=O)OC(C(=O)[O-])c1ccc(Cl)cc1. The van der Waals surface area contributed by atoms with E-state index in [4.69, 9.17) is 11.6 Å². The van der Waals surface area contributed by atoms with Crippen LogP contribution in [0.15, 0.2) is 24.3 Å². The molecule has 0 fully saturated rings. The van der Waals surface area contributed by atoms with Crippen LogP contribution < -0.4 is 5.11 Å². The van der Waals surface area contributed by atoms with Crippen molar-refractivity contribution >= 4 is 23.5 Å². The molecule has 80 valence electrons. The van der Waals surface area contributed by atoms with E-state index in [9.17, 15) is 14.7 Å². The van der Waals surface area contributed by atoms with Crippen LogP contribution in [0.1, 0.15) is 18.6 Å². The Hall–Kier alpha value is -1.55. The van der Waals surface area contributed by atoms with Crippen molar-refractivity contribution in [3.05, 3.63) is 34.9 Å². The first-order valence-electron chi connectivity index (χ1n) is 4.14. The van der Waals surface area contributed by atoms with Gasteiger partial charge in [-0.2, -0.15) is 0 Å². The van der Waals surface area contributed by atoms with Crippen molar-refractivity contribution in [1.29, 1.82) is 0 Å². The largest absolute Gasteiger partial charge is 0.546 e. The summed E-state index contributed by atoms with van der Waals surface area (Å²) in [4.78, 5) is 21.4. The van der Waals surface area contributed by atoms with Crippen molar-refractivity contribution in [2.75, 3.05) is 0 Å². The van der Waals surface area contributed by atoms with Crippen LogP contribution in [0.25, 0.3) is 0 Å². The molecule has 0 bridgehead atoms. The summed E-state index contributed by atoms with van der Waals surface area (Å²) < 4.78 is 4.59. The Kier molecular flexibility index (Phi) is 3.68. The third kappa shape index (κ3) is 3.25. The van der Waals surface area contributed by atoms with Crippen LogP contribution in [0.5, 0.6) is 0 Å². The van der Waals surface area contributed by atoms with Gasteiger partial charge in [0.2, 0.25) is 0 Å². The smallest absolute Gasteiger partial charge is 0.303 e. The lowest BCUT2D eigenvalue weighted by Gasteiger charge is -2.18. The number of hydrogen-bond donors (Lipinski definition) is 0. The lowest BCUT2D eigenvalue weighted by Crippen LogP contribution is -2.32. The van der Waals surface area contributed by atoms with Gasteiger partial charge < -0.3 is 14.6 Å². The predicted octanol–water partition coefficient (Wildman–Crippen LogP) is 0.694. The maximum absolute atomic E-state index is 10.7. The zero-order chi connectivity index (χ0) is 11.4. The standard InChI is InChI=1S/C10H9ClO4/c1-6(12)15-9(10(13)14)7-2-4-8(11)5-3-7/h2-5,9H,1H3,(H,13,14)/p-1. The molecule has 0 saturated carbocycles. The number of aliphatic carboxylic acids is 1. The maximum atomic E-state index is 10.7. The van der Waals surface area contributed by atoms with Crippen molar-refractivity contribution in [3.8, 4) is 0 Å². The molecule has 0 amide bonds. The number of benzene rings is 1. The van der Waals surface area contributed by atoms with E-state index in [-0.39, 0.29) is 0 Å². The number of carbonyl (C=O) groups excluding carboxylic acids is 2. The van der Waals surface area contributed by atoms with E-state index in [0.717, 1.165) is 6.92 Å². The highest BCUT2D eigenvalue weighted by atomic mass is 35.5. The number of carboxylic acid groups (broad SMARTS) is 1. The van der Waals surface area contributed by atoms with E-state index in [1.807, 2.05) is 0 Å². The predicted molar refractivity (Wildman–Crippen MR) is 51.0 cm³/mol. The van der Waals surface area contributed by atoms with Crippen LogP contribution in [-0.4, -0.2) is 11.9 Å². The first-order chi connectivity index (χ1) is 7.00. The molecule has 5 heteroatoms. The van der Waals surface area contributed by atoms with E-state index in [2.05, 4.69) is 4.74 Å². The monoisotopic (exact) mass is 227 g/mol. The summed E-state index contributed by atoms with van der Waals surface area (Å²) >= 11 is 5.63.